The van der Waals surface area contributed by atoms with Crippen molar-refractivity contribution in [2.75, 3.05) is 17.7 Å². The molecule has 0 spiro atoms. The van der Waals surface area contributed by atoms with Gasteiger partial charge in [-0.1, -0.05) is 19.3 Å². The molecule has 0 unspecified atom stereocenters. The van der Waals surface area contributed by atoms with Crippen LogP contribution in [0.2, 0.25) is 0 Å². The molecule has 1 aromatic heterocycles. The maximum absolute atomic E-state index is 12.6. The van der Waals surface area contributed by atoms with E-state index < -0.39 is 11.9 Å². The van der Waals surface area contributed by atoms with E-state index in [0.29, 0.717) is 17.1 Å². The quantitative estimate of drug-likeness (QED) is 0.682. The predicted octanol–water partition coefficient (Wildman–Crippen LogP) is 2.95. The molecule has 1 heterocycles. The number of rotatable bonds is 6. The third-order valence-corrected chi connectivity index (χ3v) is 4.79. The first-order chi connectivity index (χ1) is 14.0. The number of methoxy groups -OCH3 is 1. The lowest BCUT2D eigenvalue weighted by Gasteiger charge is -2.21. The Morgan fingerprint density at radius 3 is 2.34 bits per heavy atom. The summed E-state index contributed by atoms with van der Waals surface area (Å²) < 4.78 is 5.31. The number of carbonyl (C=O) groups excluding carboxylic acids is 2. The lowest BCUT2D eigenvalue weighted by Crippen LogP contribution is -2.25. The summed E-state index contributed by atoms with van der Waals surface area (Å²) in [7, 11) is 1.50. The number of aromatic nitrogens is 2. The second-order valence-corrected chi connectivity index (χ2v) is 6.79. The summed E-state index contributed by atoms with van der Waals surface area (Å²) >= 11 is 0. The second-order valence-electron chi connectivity index (χ2n) is 6.79. The van der Waals surface area contributed by atoms with Gasteiger partial charge in [0.2, 0.25) is 5.91 Å². The van der Waals surface area contributed by atoms with Gasteiger partial charge in [-0.3, -0.25) is 9.59 Å². The largest absolute Gasteiger partial charge is 0.495 e. The maximum Gasteiger partial charge on any atom is 0.356 e. The minimum absolute atomic E-state index is 0.0188. The van der Waals surface area contributed by atoms with Gasteiger partial charge in [0.15, 0.2) is 5.69 Å². The van der Waals surface area contributed by atoms with Gasteiger partial charge in [0.05, 0.1) is 25.2 Å². The van der Waals surface area contributed by atoms with Gasteiger partial charge in [-0.15, -0.1) is 0 Å². The van der Waals surface area contributed by atoms with Crippen molar-refractivity contribution in [2.24, 2.45) is 5.92 Å². The van der Waals surface area contributed by atoms with Crippen LogP contribution >= 0.6 is 0 Å². The fourth-order valence-corrected chi connectivity index (χ4v) is 3.23. The lowest BCUT2D eigenvalue weighted by atomic mass is 9.88. The van der Waals surface area contributed by atoms with Crippen LogP contribution < -0.4 is 15.4 Å². The van der Waals surface area contributed by atoms with Gasteiger partial charge in [-0.25, -0.2) is 14.8 Å². The molecule has 152 valence electrons. The number of ether oxygens (including phenoxy) is 1. The molecule has 1 aliphatic carbocycles. The van der Waals surface area contributed by atoms with Crippen molar-refractivity contribution in [1.29, 1.82) is 0 Å². The summed E-state index contributed by atoms with van der Waals surface area (Å²) in [6, 6.07) is 4.88. The maximum atomic E-state index is 12.6. The minimum atomic E-state index is -1.22. The van der Waals surface area contributed by atoms with Crippen molar-refractivity contribution in [1.82, 2.24) is 9.97 Å². The Balaban J connectivity index is 1.72. The van der Waals surface area contributed by atoms with Crippen LogP contribution in [-0.4, -0.2) is 40.0 Å². The number of hydrogen-bond acceptors (Lipinski definition) is 6. The average molecular weight is 398 g/mol. The van der Waals surface area contributed by atoms with E-state index in [2.05, 4.69) is 20.6 Å². The molecule has 2 aromatic rings. The fourth-order valence-electron chi connectivity index (χ4n) is 3.23. The Morgan fingerprint density at radius 2 is 1.72 bits per heavy atom. The average Bonchev–Trinajstić information content (AvgIpc) is 2.74. The summed E-state index contributed by atoms with van der Waals surface area (Å²) in [5.41, 5.74) is 0.615. The van der Waals surface area contributed by atoms with Crippen molar-refractivity contribution in [3.8, 4) is 5.75 Å². The third-order valence-electron chi connectivity index (χ3n) is 4.79. The van der Waals surface area contributed by atoms with Crippen molar-refractivity contribution >= 4 is 29.2 Å². The number of benzene rings is 1. The van der Waals surface area contributed by atoms with Crippen molar-refractivity contribution in [2.45, 2.75) is 32.1 Å². The molecule has 0 atom stereocenters. The summed E-state index contributed by atoms with van der Waals surface area (Å²) in [6.07, 6.45) is 7.10. The number of hydrogen-bond donors (Lipinski definition) is 3. The molecule has 0 aliphatic heterocycles. The van der Waals surface area contributed by atoms with Gasteiger partial charge >= 0.3 is 5.97 Å². The molecule has 9 heteroatoms. The van der Waals surface area contributed by atoms with E-state index in [1.807, 2.05) is 0 Å². The smallest absolute Gasteiger partial charge is 0.356 e. The number of amides is 2. The third kappa shape index (κ3) is 5.07. The highest BCUT2D eigenvalue weighted by molar-refractivity contribution is 6.03. The van der Waals surface area contributed by atoms with Crippen LogP contribution in [0.4, 0.5) is 11.4 Å². The molecular weight excluding hydrogens is 376 g/mol. The molecule has 0 radical (unpaired) electrons. The van der Waals surface area contributed by atoms with Crippen LogP contribution in [-0.2, 0) is 4.79 Å². The van der Waals surface area contributed by atoms with E-state index in [-0.39, 0.29) is 23.2 Å². The van der Waals surface area contributed by atoms with Gasteiger partial charge in [0.25, 0.3) is 5.91 Å². The molecule has 1 aromatic carbocycles. The molecule has 0 saturated heterocycles. The Labute approximate surface area is 167 Å². The zero-order chi connectivity index (χ0) is 20.8. The van der Waals surface area contributed by atoms with Gasteiger partial charge < -0.3 is 20.5 Å². The first-order valence-corrected chi connectivity index (χ1v) is 9.33. The van der Waals surface area contributed by atoms with E-state index in [0.717, 1.165) is 44.5 Å². The number of carbonyl (C=O) groups is 3. The van der Waals surface area contributed by atoms with Crippen molar-refractivity contribution in [3.63, 3.8) is 0 Å². The van der Waals surface area contributed by atoms with E-state index in [1.54, 1.807) is 18.2 Å². The normalized spacial score (nSPS) is 14.1. The topological polar surface area (TPSA) is 131 Å². The number of anilines is 2. The first-order valence-electron chi connectivity index (χ1n) is 9.33. The van der Waals surface area contributed by atoms with Crippen LogP contribution in [0.1, 0.15) is 53.1 Å². The Bertz CT molecular complexity index is 908. The van der Waals surface area contributed by atoms with Gasteiger partial charge in [0.1, 0.15) is 11.4 Å². The van der Waals surface area contributed by atoms with Crippen LogP contribution in [0, 0.1) is 5.92 Å². The van der Waals surface area contributed by atoms with Crippen LogP contribution in [0.5, 0.6) is 5.75 Å². The fraction of sp³-hybridized carbons (Fsp3) is 0.350. The van der Waals surface area contributed by atoms with E-state index in [1.165, 1.54) is 7.11 Å². The van der Waals surface area contributed by atoms with Gasteiger partial charge in [-0.05, 0) is 31.0 Å². The summed E-state index contributed by atoms with van der Waals surface area (Å²) in [6.45, 7) is 0. The molecule has 9 nitrogen and oxygen atoms in total. The molecule has 0 bridgehead atoms. The number of aromatic carboxylic acids is 1. The molecular formula is C20H22N4O5. The van der Waals surface area contributed by atoms with E-state index in [9.17, 15) is 14.4 Å². The molecule has 1 fully saturated rings. The van der Waals surface area contributed by atoms with Crippen molar-refractivity contribution in [3.05, 3.63) is 42.0 Å². The standard InChI is InChI=1S/C20H22N4O5/c1-29-17-8-7-13(9-14(17)24-18(25)12-5-3-2-4-6-12)23-19(26)15-10-22-16(11-21-15)20(27)28/h7-12H,2-6H2,1H3,(H,23,26)(H,24,25)(H,27,28). The highest BCUT2D eigenvalue weighted by Crippen LogP contribution is 2.30. The van der Waals surface area contributed by atoms with Crippen LogP contribution in [0.3, 0.4) is 0 Å². The minimum Gasteiger partial charge on any atom is -0.495 e. The zero-order valence-electron chi connectivity index (χ0n) is 16.0. The molecule has 1 aliphatic rings. The highest BCUT2D eigenvalue weighted by atomic mass is 16.5. The van der Waals surface area contributed by atoms with Crippen molar-refractivity contribution < 1.29 is 24.2 Å². The zero-order valence-corrected chi connectivity index (χ0v) is 16.0. The molecule has 1 saturated carbocycles. The SMILES string of the molecule is COc1ccc(NC(=O)c2cnc(C(=O)O)cn2)cc1NC(=O)C1CCCCC1. The first kappa shape index (κ1) is 20.2. The second kappa shape index (κ2) is 9.13. The lowest BCUT2D eigenvalue weighted by molar-refractivity contribution is -0.120. The molecule has 3 rings (SSSR count). The molecule has 3 N–H and O–H groups in total. The summed E-state index contributed by atoms with van der Waals surface area (Å²) in [5.74, 6) is -1.36. The van der Waals surface area contributed by atoms with E-state index >= 15 is 0 Å². The number of nitrogens with one attached hydrogen (secondary N) is 2. The summed E-state index contributed by atoms with van der Waals surface area (Å²) in [4.78, 5) is 43.2. The van der Waals surface area contributed by atoms with Gasteiger partial charge in [0, 0.05) is 11.6 Å². The predicted molar refractivity (Wildman–Crippen MR) is 105 cm³/mol. The number of carboxylic acids is 1. The molecule has 2 amide bonds. The Morgan fingerprint density at radius 1 is 1.03 bits per heavy atom. The van der Waals surface area contributed by atoms with Crippen LogP contribution in [0.25, 0.3) is 0 Å². The van der Waals surface area contributed by atoms with Gasteiger partial charge in [-0.2, -0.15) is 0 Å². The number of nitrogens with zero attached hydrogens (tertiary/aromatic N) is 2. The molecule has 29 heavy (non-hydrogen) atoms. The summed E-state index contributed by atoms with van der Waals surface area (Å²) in [5, 5.41) is 14.4. The Kier molecular flexibility index (Phi) is 6.38. The monoisotopic (exact) mass is 398 g/mol. The Hall–Kier alpha value is -3.49. The number of carboxylic acid groups (broad SMARTS) is 1. The highest BCUT2D eigenvalue weighted by Gasteiger charge is 2.22. The van der Waals surface area contributed by atoms with E-state index in [4.69, 9.17) is 9.84 Å². The van der Waals surface area contributed by atoms with Crippen LogP contribution in [0.15, 0.2) is 30.6 Å².